The van der Waals surface area contributed by atoms with Crippen molar-refractivity contribution in [1.29, 1.82) is 0 Å². The molecule has 0 bridgehead atoms. The normalized spacial score (nSPS) is 10.2. The van der Waals surface area contributed by atoms with Crippen LogP contribution in [0.5, 0.6) is 0 Å². The van der Waals surface area contributed by atoms with Gasteiger partial charge in [-0.05, 0) is 35.7 Å². The van der Waals surface area contributed by atoms with Crippen molar-refractivity contribution >= 4 is 11.7 Å². The largest absolute Gasteiger partial charge is 0.465 e. The van der Waals surface area contributed by atoms with Crippen molar-refractivity contribution < 1.29 is 14.6 Å². The molecule has 2 aromatic rings. The average Bonchev–Trinajstić information content (AvgIpc) is 2.55. The number of ether oxygens (including phenoxy) is 1. The highest BCUT2D eigenvalue weighted by Gasteiger charge is 2.11. The summed E-state index contributed by atoms with van der Waals surface area (Å²) in [6.07, 6.45) is 0.911. The Morgan fingerprint density at radius 3 is 2.62 bits per heavy atom. The minimum absolute atomic E-state index is 0.196. The van der Waals surface area contributed by atoms with Crippen LogP contribution in [0.3, 0.4) is 0 Å². The molecule has 2 aromatic carbocycles. The summed E-state index contributed by atoms with van der Waals surface area (Å²) < 4.78 is 4.69. The quantitative estimate of drug-likeness (QED) is 0.801. The number of rotatable bonds is 6. The highest BCUT2D eigenvalue weighted by Crippen LogP contribution is 2.17. The van der Waals surface area contributed by atoms with Crippen LogP contribution in [0, 0.1) is 0 Å². The third kappa shape index (κ3) is 4.07. The number of hydrogen-bond donors (Lipinski definition) is 2. The van der Waals surface area contributed by atoms with Gasteiger partial charge in [-0.25, -0.2) is 4.79 Å². The van der Waals surface area contributed by atoms with E-state index in [0.717, 1.165) is 18.7 Å². The van der Waals surface area contributed by atoms with Crippen molar-refractivity contribution in [2.75, 3.05) is 19.0 Å². The number of benzene rings is 2. The number of hydrogen-bond acceptors (Lipinski definition) is 4. The summed E-state index contributed by atoms with van der Waals surface area (Å²) in [6, 6.07) is 15.5. The first-order valence-electron chi connectivity index (χ1n) is 6.84. The molecule has 0 aliphatic carbocycles. The molecule has 0 unspecified atom stereocenters. The van der Waals surface area contributed by atoms with Crippen LogP contribution in [-0.2, 0) is 17.8 Å². The van der Waals surface area contributed by atoms with E-state index in [4.69, 9.17) is 0 Å². The molecule has 0 saturated carbocycles. The predicted octanol–water partition coefficient (Wildman–Crippen LogP) is 2.62. The zero-order valence-electron chi connectivity index (χ0n) is 12.0. The Morgan fingerprint density at radius 1 is 1.19 bits per heavy atom. The molecule has 0 spiro atoms. The van der Waals surface area contributed by atoms with Gasteiger partial charge >= 0.3 is 5.97 Å². The number of aliphatic hydroxyl groups excluding tert-OH is 1. The van der Waals surface area contributed by atoms with Crippen LogP contribution in [0.25, 0.3) is 0 Å². The van der Waals surface area contributed by atoms with Crippen molar-refractivity contribution in [3.05, 3.63) is 65.2 Å². The maximum atomic E-state index is 11.5. The first kappa shape index (κ1) is 15.1. The zero-order valence-corrected chi connectivity index (χ0v) is 12.0. The highest BCUT2D eigenvalue weighted by molar-refractivity contribution is 5.91. The van der Waals surface area contributed by atoms with Crippen LogP contribution in [-0.4, -0.2) is 24.7 Å². The van der Waals surface area contributed by atoms with Gasteiger partial charge in [0, 0.05) is 12.2 Å². The van der Waals surface area contributed by atoms with Gasteiger partial charge in [0.15, 0.2) is 0 Å². The number of anilines is 1. The van der Waals surface area contributed by atoms with Crippen LogP contribution in [0.1, 0.15) is 21.5 Å². The van der Waals surface area contributed by atoms with E-state index in [1.54, 1.807) is 12.1 Å². The summed E-state index contributed by atoms with van der Waals surface area (Å²) in [6.45, 7) is 0.588. The highest BCUT2D eigenvalue weighted by atomic mass is 16.5. The topological polar surface area (TPSA) is 58.6 Å². The van der Waals surface area contributed by atoms with Crippen molar-refractivity contribution in [2.45, 2.75) is 13.0 Å². The summed E-state index contributed by atoms with van der Waals surface area (Å²) >= 11 is 0. The lowest BCUT2D eigenvalue weighted by molar-refractivity contribution is 0.0597. The Labute approximate surface area is 124 Å². The molecule has 0 aliphatic rings. The smallest absolute Gasteiger partial charge is 0.338 e. The lowest BCUT2D eigenvalue weighted by Crippen LogP contribution is -2.09. The van der Waals surface area contributed by atoms with Gasteiger partial charge < -0.3 is 15.2 Å². The fourth-order valence-corrected chi connectivity index (χ4v) is 2.14. The van der Waals surface area contributed by atoms with Crippen LogP contribution < -0.4 is 5.32 Å². The second kappa shape index (κ2) is 7.45. The standard InChI is InChI=1S/C17H19NO3/c1-21-17(20)16-8-7-15(11-14(16)12-19)18-10-9-13-5-3-2-4-6-13/h2-8,11,18-19H,9-10,12H2,1H3. The molecule has 0 heterocycles. The second-order valence-electron chi connectivity index (χ2n) is 4.68. The molecule has 0 amide bonds. The average molecular weight is 285 g/mol. The summed E-state index contributed by atoms with van der Waals surface area (Å²) in [5.41, 5.74) is 3.10. The van der Waals surface area contributed by atoms with Crippen LogP contribution in [0.2, 0.25) is 0 Å². The molecule has 0 aliphatic heterocycles. The zero-order chi connectivity index (χ0) is 15.1. The lowest BCUT2D eigenvalue weighted by atomic mass is 10.1. The summed E-state index contributed by atoms with van der Waals surface area (Å²) in [5.74, 6) is -0.435. The van der Waals surface area contributed by atoms with Gasteiger partial charge in [0.05, 0.1) is 19.3 Å². The third-order valence-corrected chi connectivity index (χ3v) is 3.27. The number of aliphatic hydroxyl groups is 1. The van der Waals surface area contributed by atoms with Gasteiger partial charge in [0.2, 0.25) is 0 Å². The second-order valence-corrected chi connectivity index (χ2v) is 4.68. The number of nitrogens with one attached hydrogen (secondary N) is 1. The van der Waals surface area contributed by atoms with E-state index < -0.39 is 5.97 Å². The Kier molecular flexibility index (Phi) is 5.35. The van der Waals surface area contributed by atoms with E-state index >= 15 is 0 Å². The van der Waals surface area contributed by atoms with E-state index in [2.05, 4.69) is 22.2 Å². The molecule has 0 radical (unpaired) electrons. The Balaban J connectivity index is 1.99. The van der Waals surface area contributed by atoms with Gasteiger partial charge in [0.1, 0.15) is 0 Å². The van der Waals surface area contributed by atoms with E-state index in [9.17, 15) is 9.90 Å². The molecule has 4 heteroatoms. The molecule has 0 fully saturated rings. The van der Waals surface area contributed by atoms with E-state index in [1.165, 1.54) is 12.7 Å². The van der Waals surface area contributed by atoms with E-state index in [-0.39, 0.29) is 6.61 Å². The lowest BCUT2D eigenvalue weighted by Gasteiger charge is -2.10. The Hall–Kier alpha value is -2.33. The molecule has 4 nitrogen and oxygen atoms in total. The maximum absolute atomic E-state index is 11.5. The molecule has 0 atom stereocenters. The van der Waals surface area contributed by atoms with Crippen molar-refractivity contribution in [1.82, 2.24) is 0 Å². The maximum Gasteiger partial charge on any atom is 0.338 e. The van der Waals surface area contributed by atoms with Gasteiger partial charge in [-0.1, -0.05) is 30.3 Å². The Bertz CT molecular complexity index is 596. The van der Waals surface area contributed by atoms with Gasteiger partial charge in [-0.2, -0.15) is 0 Å². The monoisotopic (exact) mass is 285 g/mol. The molecule has 21 heavy (non-hydrogen) atoms. The van der Waals surface area contributed by atoms with Gasteiger partial charge in [-0.15, -0.1) is 0 Å². The number of esters is 1. The first-order valence-corrected chi connectivity index (χ1v) is 6.84. The number of carbonyl (C=O) groups is 1. The summed E-state index contributed by atoms with van der Waals surface area (Å²) in [4.78, 5) is 11.5. The first-order chi connectivity index (χ1) is 10.2. The van der Waals surface area contributed by atoms with Crippen LogP contribution in [0.4, 0.5) is 5.69 Å². The fourth-order valence-electron chi connectivity index (χ4n) is 2.14. The van der Waals surface area contributed by atoms with Crippen molar-refractivity contribution in [2.24, 2.45) is 0 Å². The Morgan fingerprint density at radius 2 is 1.95 bits per heavy atom. The molecule has 0 aromatic heterocycles. The minimum atomic E-state index is -0.435. The molecular formula is C17H19NO3. The molecular weight excluding hydrogens is 266 g/mol. The van der Waals surface area contributed by atoms with Gasteiger partial charge in [-0.3, -0.25) is 0 Å². The fraction of sp³-hybridized carbons (Fsp3) is 0.235. The molecule has 2 rings (SSSR count). The van der Waals surface area contributed by atoms with E-state index in [0.29, 0.717) is 11.1 Å². The number of methoxy groups -OCH3 is 1. The molecule has 0 saturated heterocycles. The molecule has 2 N–H and O–H groups in total. The minimum Gasteiger partial charge on any atom is -0.465 e. The van der Waals surface area contributed by atoms with Crippen molar-refractivity contribution in [3.8, 4) is 0 Å². The van der Waals surface area contributed by atoms with Gasteiger partial charge in [0.25, 0.3) is 0 Å². The van der Waals surface area contributed by atoms with Crippen molar-refractivity contribution in [3.63, 3.8) is 0 Å². The SMILES string of the molecule is COC(=O)c1ccc(NCCc2ccccc2)cc1CO. The predicted molar refractivity (Wildman–Crippen MR) is 82.3 cm³/mol. The summed E-state index contributed by atoms with van der Waals surface area (Å²) in [5, 5.41) is 12.6. The number of carbonyl (C=O) groups excluding carboxylic acids is 1. The molecule has 110 valence electrons. The summed E-state index contributed by atoms with van der Waals surface area (Å²) in [7, 11) is 1.33. The van der Waals surface area contributed by atoms with Crippen LogP contribution >= 0.6 is 0 Å². The van der Waals surface area contributed by atoms with E-state index in [1.807, 2.05) is 24.3 Å². The van der Waals surface area contributed by atoms with Crippen LogP contribution in [0.15, 0.2) is 48.5 Å². The third-order valence-electron chi connectivity index (χ3n) is 3.27.